The average Bonchev–Trinajstić information content (AvgIpc) is 3.65. The van der Waals surface area contributed by atoms with E-state index in [1.165, 1.54) is 82.8 Å². The summed E-state index contributed by atoms with van der Waals surface area (Å²) in [5.41, 5.74) is 16.4. The molecule has 0 aliphatic heterocycles. The Bertz CT molecular complexity index is 3440. The van der Waals surface area contributed by atoms with E-state index in [0.717, 1.165) is 45.9 Å². The Balaban J connectivity index is 0.845. The summed E-state index contributed by atoms with van der Waals surface area (Å²) in [6.45, 7) is 0. The third-order valence-electron chi connectivity index (χ3n) is 12.3. The molecule has 3 heteroatoms. The zero-order chi connectivity index (χ0) is 38.9. The second kappa shape index (κ2) is 13.5. The van der Waals surface area contributed by atoms with Crippen LogP contribution in [0.5, 0.6) is 0 Å². The van der Waals surface area contributed by atoms with E-state index < -0.39 is 0 Å². The molecular weight excluding hydrogens is 715 g/mol. The fraction of sp³-hybridized carbons (Fsp3) is 0.0357. The molecule has 9 aromatic carbocycles. The van der Waals surface area contributed by atoms with Crippen molar-refractivity contribution in [3.8, 4) is 39.2 Å². The summed E-state index contributed by atoms with van der Waals surface area (Å²) in [5.74, 6) is 0. The predicted molar refractivity (Wildman–Crippen MR) is 248 cm³/mol. The van der Waals surface area contributed by atoms with E-state index in [-0.39, 0.29) is 0 Å². The zero-order valence-corrected chi connectivity index (χ0v) is 32.3. The third kappa shape index (κ3) is 5.58. The van der Waals surface area contributed by atoms with E-state index in [1.54, 1.807) is 0 Å². The molecule has 12 rings (SSSR count). The zero-order valence-electron chi connectivity index (χ0n) is 32.3. The van der Waals surface area contributed by atoms with Crippen LogP contribution in [0, 0.1) is 0 Å². The van der Waals surface area contributed by atoms with Gasteiger partial charge < -0.3 is 4.57 Å². The summed E-state index contributed by atoms with van der Waals surface area (Å²) in [6, 6.07) is 68.0. The lowest BCUT2D eigenvalue weighted by atomic mass is 9.90. The Hall–Kier alpha value is -7.62. The molecule has 2 aromatic heterocycles. The van der Waals surface area contributed by atoms with Crippen molar-refractivity contribution in [2.45, 2.75) is 12.8 Å². The maximum absolute atomic E-state index is 5.20. The van der Waals surface area contributed by atoms with Crippen molar-refractivity contribution < 1.29 is 0 Å². The van der Waals surface area contributed by atoms with Crippen molar-refractivity contribution in [3.05, 3.63) is 211 Å². The van der Waals surface area contributed by atoms with Crippen LogP contribution in [0.3, 0.4) is 0 Å². The second-order valence-electron chi connectivity index (χ2n) is 15.7. The molecule has 1 aliphatic carbocycles. The highest BCUT2D eigenvalue weighted by Gasteiger charge is 2.22. The van der Waals surface area contributed by atoms with Gasteiger partial charge in [-0.15, -0.1) is 0 Å². The van der Waals surface area contributed by atoms with E-state index >= 15 is 0 Å². The number of para-hydroxylation sites is 1. The molecule has 0 spiro atoms. The summed E-state index contributed by atoms with van der Waals surface area (Å²) in [4.78, 5) is 10.2. The molecule has 0 amide bonds. The minimum Gasteiger partial charge on any atom is -0.313 e. The number of benzene rings is 9. The molecule has 2 heterocycles. The number of nitrogens with zero attached hydrogens (tertiary/aromatic N) is 3. The van der Waals surface area contributed by atoms with Gasteiger partial charge in [0.2, 0.25) is 0 Å². The van der Waals surface area contributed by atoms with Crippen LogP contribution in [0.2, 0.25) is 0 Å². The Labute approximate surface area is 342 Å². The lowest BCUT2D eigenvalue weighted by Crippen LogP contribution is -2.05. The van der Waals surface area contributed by atoms with Crippen molar-refractivity contribution >= 4 is 65.9 Å². The Morgan fingerprint density at radius 1 is 0.407 bits per heavy atom. The SMILES string of the molecule is C1=C(c2ccc3ccccc3c2)CCc2c1c1ccccc1n2-c1ccc(-c2cccc(-c3ccc(-c4cnc5c6ccccc6c6ccccc6c5n4)cc3)c2)cc1. The fourth-order valence-electron chi connectivity index (χ4n) is 9.41. The maximum atomic E-state index is 5.20. The van der Waals surface area contributed by atoms with E-state index in [1.807, 2.05) is 6.20 Å². The summed E-state index contributed by atoms with van der Waals surface area (Å²) >= 11 is 0. The standard InChI is InChI=1S/C56H37N3/c1-2-11-40-33-43(25-22-36(40)10-1)44-28-31-54-51(34-44)48-16-7-8-19-53(48)59(54)45-29-26-38(27-30-45)42-13-9-12-41(32-42)37-20-23-39(24-21-37)52-35-57-55-49-17-5-3-14-46(49)47-15-4-6-18-50(47)56(55)58-52/h1-27,29-30,32-35H,28,31H2. The highest BCUT2D eigenvalue weighted by Crippen LogP contribution is 2.40. The summed E-state index contributed by atoms with van der Waals surface area (Å²) in [7, 11) is 0. The summed E-state index contributed by atoms with van der Waals surface area (Å²) < 4.78 is 2.48. The van der Waals surface area contributed by atoms with E-state index in [2.05, 4.69) is 199 Å². The molecule has 0 radical (unpaired) electrons. The number of rotatable bonds is 5. The molecule has 11 aromatic rings. The van der Waals surface area contributed by atoms with E-state index in [0.29, 0.717) is 0 Å². The van der Waals surface area contributed by atoms with Crippen molar-refractivity contribution in [2.24, 2.45) is 0 Å². The number of fused-ring (bicyclic) bond motifs is 10. The normalized spacial score (nSPS) is 12.7. The molecule has 1 aliphatic rings. The lowest BCUT2D eigenvalue weighted by molar-refractivity contribution is 0.898. The highest BCUT2D eigenvalue weighted by molar-refractivity contribution is 6.23. The molecule has 276 valence electrons. The van der Waals surface area contributed by atoms with Gasteiger partial charge in [0.25, 0.3) is 0 Å². The molecular formula is C56H37N3. The van der Waals surface area contributed by atoms with Gasteiger partial charge in [0, 0.05) is 38.7 Å². The first-order chi connectivity index (χ1) is 29.2. The molecule has 0 saturated heterocycles. The minimum atomic E-state index is 0.872. The molecule has 0 N–H and O–H groups in total. The van der Waals surface area contributed by atoms with Crippen LogP contribution in [-0.4, -0.2) is 14.5 Å². The minimum absolute atomic E-state index is 0.872. The van der Waals surface area contributed by atoms with Gasteiger partial charge in [-0.3, -0.25) is 4.98 Å². The van der Waals surface area contributed by atoms with Crippen molar-refractivity contribution in [1.29, 1.82) is 0 Å². The summed E-state index contributed by atoms with van der Waals surface area (Å²) in [5, 5.41) is 8.54. The first kappa shape index (κ1) is 33.5. The first-order valence-corrected chi connectivity index (χ1v) is 20.4. The predicted octanol–water partition coefficient (Wildman–Crippen LogP) is 14.5. The third-order valence-corrected chi connectivity index (χ3v) is 12.3. The van der Waals surface area contributed by atoms with Crippen LogP contribution < -0.4 is 0 Å². The van der Waals surface area contributed by atoms with Crippen LogP contribution in [0.25, 0.3) is 105 Å². The topological polar surface area (TPSA) is 30.7 Å². The van der Waals surface area contributed by atoms with Crippen LogP contribution in [0.1, 0.15) is 23.2 Å². The maximum Gasteiger partial charge on any atom is 0.0979 e. The highest BCUT2D eigenvalue weighted by atomic mass is 15.0. The van der Waals surface area contributed by atoms with Gasteiger partial charge in [-0.25, -0.2) is 4.98 Å². The Morgan fingerprint density at radius 3 is 1.75 bits per heavy atom. The molecule has 3 nitrogen and oxygen atoms in total. The van der Waals surface area contributed by atoms with E-state index in [9.17, 15) is 0 Å². The van der Waals surface area contributed by atoms with Gasteiger partial charge in [0.15, 0.2) is 0 Å². The van der Waals surface area contributed by atoms with Crippen LogP contribution in [0.4, 0.5) is 0 Å². The molecule has 0 saturated carbocycles. The fourth-order valence-corrected chi connectivity index (χ4v) is 9.41. The Morgan fingerprint density at radius 2 is 1.00 bits per heavy atom. The van der Waals surface area contributed by atoms with Gasteiger partial charge in [0.1, 0.15) is 0 Å². The number of allylic oxidation sites excluding steroid dienone is 1. The Kier molecular flexibility index (Phi) is 7.67. The first-order valence-electron chi connectivity index (χ1n) is 20.4. The second-order valence-corrected chi connectivity index (χ2v) is 15.7. The van der Waals surface area contributed by atoms with Crippen molar-refractivity contribution in [3.63, 3.8) is 0 Å². The van der Waals surface area contributed by atoms with Gasteiger partial charge >= 0.3 is 0 Å². The van der Waals surface area contributed by atoms with Crippen LogP contribution in [-0.2, 0) is 6.42 Å². The van der Waals surface area contributed by atoms with Crippen LogP contribution in [0.15, 0.2) is 194 Å². The van der Waals surface area contributed by atoms with Crippen molar-refractivity contribution in [2.75, 3.05) is 0 Å². The van der Waals surface area contributed by atoms with Gasteiger partial charge in [-0.1, -0.05) is 158 Å². The van der Waals surface area contributed by atoms with E-state index in [4.69, 9.17) is 9.97 Å². The van der Waals surface area contributed by atoms with Crippen LogP contribution >= 0.6 is 0 Å². The van der Waals surface area contributed by atoms with Gasteiger partial charge in [-0.2, -0.15) is 0 Å². The quantitative estimate of drug-likeness (QED) is 0.164. The van der Waals surface area contributed by atoms with Gasteiger partial charge in [0.05, 0.1) is 28.4 Å². The van der Waals surface area contributed by atoms with Gasteiger partial charge in [-0.05, 0) is 104 Å². The monoisotopic (exact) mass is 751 g/mol. The van der Waals surface area contributed by atoms with Crippen molar-refractivity contribution in [1.82, 2.24) is 14.5 Å². The molecule has 59 heavy (non-hydrogen) atoms. The molecule has 0 bridgehead atoms. The largest absolute Gasteiger partial charge is 0.313 e. The lowest BCUT2D eigenvalue weighted by Gasteiger charge is -2.18. The number of aromatic nitrogens is 3. The molecule has 0 fully saturated rings. The summed E-state index contributed by atoms with van der Waals surface area (Å²) in [6.07, 6.45) is 6.35. The number of hydrogen-bond acceptors (Lipinski definition) is 2. The molecule has 0 unspecified atom stereocenters. The smallest absolute Gasteiger partial charge is 0.0979 e. The number of hydrogen-bond donors (Lipinski definition) is 0. The average molecular weight is 752 g/mol. The molecule has 0 atom stereocenters.